The van der Waals surface area contributed by atoms with E-state index in [-0.39, 0.29) is 21.1 Å². The van der Waals surface area contributed by atoms with Gasteiger partial charge in [0.05, 0.1) is 11.6 Å². The minimum atomic E-state index is 0. The van der Waals surface area contributed by atoms with E-state index in [1.807, 2.05) is 60.9 Å². The molecule has 0 aliphatic carbocycles. The van der Waals surface area contributed by atoms with E-state index in [1.54, 1.807) is 6.07 Å². The zero-order valence-corrected chi connectivity index (χ0v) is 35.9. The van der Waals surface area contributed by atoms with Crippen molar-refractivity contribution in [3.63, 3.8) is 0 Å². The number of nitrogens with zero attached hydrogens (tertiary/aromatic N) is 8. The molecule has 288 valence electrons. The van der Waals surface area contributed by atoms with Crippen molar-refractivity contribution in [2.45, 2.75) is 59.3 Å². The first-order valence-corrected chi connectivity index (χ1v) is 19.3. The monoisotopic (exact) mass is 929 g/mol. The Morgan fingerprint density at radius 1 is 0.649 bits per heavy atom. The molecule has 2 aliphatic heterocycles. The Morgan fingerprint density at radius 3 is 1.72 bits per heavy atom. The van der Waals surface area contributed by atoms with Crippen LogP contribution in [0.4, 0.5) is 34.4 Å². The van der Waals surface area contributed by atoms with Gasteiger partial charge in [0.15, 0.2) is 0 Å². The molecule has 8 nitrogen and oxygen atoms in total. The topological polar surface area (TPSA) is 76.6 Å². The van der Waals surface area contributed by atoms with Crippen LogP contribution < -0.4 is 24.6 Å². The van der Waals surface area contributed by atoms with Crippen LogP contribution in [0.5, 0.6) is 0 Å². The van der Waals surface area contributed by atoms with E-state index in [1.165, 1.54) is 27.8 Å². The Kier molecular flexibility index (Phi) is 11.2. The molecule has 7 aromatic rings. The summed E-state index contributed by atoms with van der Waals surface area (Å²) < 4.78 is 0. The minimum absolute atomic E-state index is 0. The second kappa shape index (κ2) is 16.1. The van der Waals surface area contributed by atoms with Crippen molar-refractivity contribution in [3.05, 3.63) is 145 Å². The van der Waals surface area contributed by atoms with E-state index in [2.05, 4.69) is 142 Å². The second-order valence-electron chi connectivity index (χ2n) is 15.5. The van der Waals surface area contributed by atoms with Crippen LogP contribution in [0.2, 0.25) is 0 Å². The third-order valence-electron chi connectivity index (χ3n) is 10.7. The molecule has 9 rings (SSSR count). The third-order valence-corrected chi connectivity index (χ3v) is 10.7. The number of anilines is 6. The van der Waals surface area contributed by atoms with Crippen molar-refractivity contribution in [2.75, 3.05) is 33.7 Å². The number of rotatable bonds is 6. The fourth-order valence-electron chi connectivity index (χ4n) is 7.71. The molecular weight excluding hydrogens is 884 g/mol. The van der Waals surface area contributed by atoms with Gasteiger partial charge in [-0.05, 0) is 101 Å². The van der Waals surface area contributed by atoms with Gasteiger partial charge < -0.3 is 24.6 Å². The van der Waals surface area contributed by atoms with E-state index in [0.29, 0.717) is 23.3 Å². The van der Waals surface area contributed by atoms with Crippen LogP contribution in [-0.2, 0) is 21.1 Å². The van der Waals surface area contributed by atoms with Crippen molar-refractivity contribution in [3.8, 4) is 17.2 Å². The SMILES string of the molecule is CC(C)c1cc(C(C)C)c(-c2cc(N3[CH-]N(C)c4cccnc43)[c-]c(N3[CH-]N(C)c4cccnc43)c2)c(C(C)C)c1.N#Cc1ccc2[n-]c3ccccc3c2c1.[Pt+4]. The first-order chi connectivity index (χ1) is 27.0. The quantitative estimate of drug-likeness (QED) is 0.153. The molecule has 5 heterocycles. The Labute approximate surface area is 351 Å². The summed E-state index contributed by atoms with van der Waals surface area (Å²) in [4.78, 5) is 22.5. The molecule has 9 heteroatoms. The van der Waals surface area contributed by atoms with E-state index < -0.39 is 0 Å². The molecule has 0 bridgehead atoms. The smallest absolute Gasteiger partial charge is 0.657 e. The van der Waals surface area contributed by atoms with E-state index in [4.69, 9.17) is 15.2 Å². The van der Waals surface area contributed by atoms with Crippen LogP contribution in [0.3, 0.4) is 0 Å². The Bertz CT molecular complexity index is 2510. The summed E-state index contributed by atoms with van der Waals surface area (Å²) in [5.74, 6) is 3.01. The summed E-state index contributed by atoms with van der Waals surface area (Å²) >= 11 is 0. The zero-order valence-electron chi connectivity index (χ0n) is 33.6. The predicted octanol–water partition coefficient (Wildman–Crippen LogP) is 11.5. The van der Waals surface area contributed by atoms with Gasteiger partial charge in [-0.25, -0.2) is 9.97 Å². The average Bonchev–Trinajstić information content (AvgIpc) is 3.87. The van der Waals surface area contributed by atoms with Gasteiger partial charge >= 0.3 is 21.1 Å². The van der Waals surface area contributed by atoms with Crippen molar-refractivity contribution < 1.29 is 21.1 Å². The molecule has 2 aliphatic rings. The summed E-state index contributed by atoms with van der Waals surface area (Å²) in [5.41, 5.74) is 13.3. The predicted molar refractivity (Wildman–Crippen MR) is 231 cm³/mol. The normalized spacial score (nSPS) is 13.3. The van der Waals surface area contributed by atoms with Gasteiger partial charge in [0.2, 0.25) is 0 Å². The minimum Gasteiger partial charge on any atom is -0.657 e. The van der Waals surface area contributed by atoms with Gasteiger partial charge in [-0.3, -0.25) is 0 Å². The summed E-state index contributed by atoms with van der Waals surface area (Å²) in [6, 6.07) is 37.0. The first kappa shape index (κ1) is 39.6. The average molecular weight is 930 g/mol. The van der Waals surface area contributed by atoms with Crippen LogP contribution in [-0.4, -0.2) is 24.1 Å². The number of para-hydroxylation sites is 1. The van der Waals surface area contributed by atoms with Crippen LogP contribution in [0.1, 0.15) is 81.5 Å². The number of hydrogen-bond donors (Lipinski definition) is 0. The molecule has 0 spiro atoms. The number of nitriles is 1. The van der Waals surface area contributed by atoms with Crippen LogP contribution >= 0.6 is 0 Å². The van der Waals surface area contributed by atoms with Gasteiger partial charge in [-0.2, -0.15) is 18.6 Å². The Hall–Kier alpha value is -5.64. The molecule has 0 fully saturated rings. The summed E-state index contributed by atoms with van der Waals surface area (Å²) in [7, 11) is 4.13. The fraction of sp³-hybridized carbons (Fsp3) is 0.229. The number of aromatic nitrogens is 3. The zero-order chi connectivity index (χ0) is 39.2. The number of fused-ring (bicyclic) bond motifs is 5. The van der Waals surface area contributed by atoms with Crippen LogP contribution in [0.15, 0.2) is 103 Å². The molecule has 0 N–H and O–H groups in total. The van der Waals surface area contributed by atoms with Crippen molar-refractivity contribution >= 4 is 56.2 Å². The number of benzene rings is 4. The number of pyridine rings is 2. The maximum Gasteiger partial charge on any atom is 4.00 e. The molecular formula is C48H46N8Pt. The molecule has 57 heavy (non-hydrogen) atoms. The summed E-state index contributed by atoms with van der Waals surface area (Å²) in [6.07, 6.45) is 3.71. The maximum atomic E-state index is 8.84. The third kappa shape index (κ3) is 7.38. The van der Waals surface area contributed by atoms with Crippen LogP contribution in [0, 0.1) is 30.7 Å². The van der Waals surface area contributed by atoms with E-state index in [9.17, 15) is 0 Å². The summed E-state index contributed by atoms with van der Waals surface area (Å²) in [6.45, 7) is 18.0. The van der Waals surface area contributed by atoms with Gasteiger partial charge in [0, 0.05) is 23.8 Å². The van der Waals surface area contributed by atoms with Gasteiger partial charge in [0.1, 0.15) is 11.6 Å². The molecule has 4 aromatic carbocycles. The van der Waals surface area contributed by atoms with E-state index in [0.717, 1.165) is 56.2 Å². The van der Waals surface area contributed by atoms with Gasteiger partial charge in [-0.15, -0.1) is 46.2 Å². The van der Waals surface area contributed by atoms with Crippen LogP contribution in [0.25, 0.3) is 32.9 Å². The first-order valence-electron chi connectivity index (χ1n) is 19.3. The largest absolute Gasteiger partial charge is 4.00 e. The van der Waals surface area contributed by atoms with Crippen molar-refractivity contribution in [1.29, 1.82) is 5.26 Å². The maximum absolute atomic E-state index is 8.84. The second-order valence-corrected chi connectivity index (χ2v) is 15.5. The summed E-state index contributed by atoms with van der Waals surface area (Å²) in [5, 5.41) is 11.0. The van der Waals surface area contributed by atoms with Crippen molar-refractivity contribution in [2.24, 2.45) is 0 Å². The molecule has 0 saturated heterocycles. The molecule has 0 radical (unpaired) electrons. The number of hydrogen-bond acceptors (Lipinski definition) is 7. The van der Waals surface area contributed by atoms with E-state index >= 15 is 0 Å². The fourth-order valence-corrected chi connectivity index (χ4v) is 7.71. The molecule has 3 aromatic heterocycles. The van der Waals surface area contributed by atoms with Gasteiger partial charge in [0.25, 0.3) is 0 Å². The molecule has 0 unspecified atom stereocenters. The van der Waals surface area contributed by atoms with Gasteiger partial charge in [-0.1, -0.05) is 84.0 Å². The molecule has 0 saturated carbocycles. The molecule has 0 amide bonds. The Balaban J connectivity index is 0.000000258. The van der Waals surface area contributed by atoms with Crippen molar-refractivity contribution in [1.82, 2.24) is 15.0 Å². The standard InChI is InChI=1S/C35H39N6.C13H7N2.Pt/c1-22(2)25-17-29(23(3)4)33(30(18-25)24(5)6)26-15-27(40-20-38(7)31-11-9-13-36-34(31)40)19-28(16-26)41-21-39(8)32-12-10-14-37-35(32)41;14-8-9-5-6-13-11(7-9)10-3-1-2-4-12(10)15-13;/h9-18,20-24H,1-8H3;1-7H;/q-3;-1;+4. The molecule has 0 atom stereocenters. The Morgan fingerprint density at radius 2 is 1.19 bits per heavy atom.